The Labute approximate surface area is 148 Å². The molecule has 1 amide bonds. The van der Waals surface area contributed by atoms with Gasteiger partial charge in [-0.25, -0.2) is 0 Å². The van der Waals surface area contributed by atoms with Crippen molar-refractivity contribution < 1.29 is 22.7 Å². The number of halogens is 3. The fraction of sp³-hybridized carbons (Fsp3) is 0.444. The van der Waals surface area contributed by atoms with Crippen molar-refractivity contribution in [1.29, 1.82) is 0 Å². The Morgan fingerprint density at radius 2 is 1.92 bits per heavy atom. The molecule has 5 nitrogen and oxygen atoms in total. The van der Waals surface area contributed by atoms with Crippen molar-refractivity contribution in [1.82, 2.24) is 14.7 Å². The normalized spacial score (nSPS) is 19.0. The van der Waals surface area contributed by atoms with Gasteiger partial charge < -0.3 is 9.64 Å². The van der Waals surface area contributed by atoms with E-state index in [0.717, 1.165) is 21.9 Å². The molecule has 1 spiro atoms. The molecule has 1 aromatic heterocycles. The first-order chi connectivity index (χ1) is 12.3. The van der Waals surface area contributed by atoms with Crippen molar-refractivity contribution in [3.05, 3.63) is 52.8 Å². The summed E-state index contributed by atoms with van der Waals surface area (Å²) < 4.78 is 45.5. The number of ether oxygens (including phenoxy) is 1. The van der Waals surface area contributed by atoms with Crippen LogP contribution in [0.2, 0.25) is 0 Å². The monoisotopic (exact) mass is 365 g/mol. The number of amides is 1. The number of piperidine rings is 1. The van der Waals surface area contributed by atoms with E-state index < -0.39 is 23.4 Å². The van der Waals surface area contributed by atoms with Crippen LogP contribution in [0.15, 0.2) is 30.3 Å². The number of alkyl halides is 3. The molecule has 0 saturated carbocycles. The van der Waals surface area contributed by atoms with Crippen LogP contribution in [0.5, 0.6) is 0 Å². The summed E-state index contributed by atoms with van der Waals surface area (Å²) in [7, 11) is 1.35. The lowest BCUT2D eigenvalue weighted by atomic mass is 9.84. The van der Waals surface area contributed by atoms with Crippen LogP contribution in [0, 0.1) is 0 Å². The highest BCUT2D eigenvalue weighted by Gasteiger charge is 2.44. The Balaban J connectivity index is 1.51. The summed E-state index contributed by atoms with van der Waals surface area (Å²) in [6, 6.07) is 8.85. The summed E-state index contributed by atoms with van der Waals surface area (Å²) in [6.45, 7) is 1.42. The minimum atomic E-state index is -4.57. The number of aryl methyl sites for hydroxylation is 1. The number of fused-ring (bicyclic) bond motifs is 2. The quantitative estimate of drug-likeness (QED) is 0.780. The number of likely N-dealkylation sites (tertiary alicyclic amines) is 1. The highest BCUT2D eigenvalue weighted by Crippen LogP contribution is 2.44. The van der Waals surface area contributed by atoms with E-state index in [1.807, 2.05) is 18.2 Å². The van der Waals surface area contributed by atoms with Gasteiger partial charge >= 0.3 is 6.18 Å². The number of carbonyl (C=O) groups is 1. The third kappa shape index (κ3) is 2.68. The van der Waals surface area contributed by atoms with Crippen molar-refractivity contribution >= 4 is 5.91 Å². The van der Waals surface area contributed by atoms with Gasteiger partial charge in [0.2, 0.25) is 0 Å². The number of rotatable bonds is 1. The molecule has 138 valence electrons. The van der Waals surface area contributed by atoms with Crippen LogP contribution in [0.4, 0.5) is 13.2 Å². The maximum absolute atomic E-state index is 12.8. The zero-order valence-corrected chi connectivity index (χ0v) is 14.2. The smallest absolute Gasteiger partial charge is 0.365 e. The third-order valence-electron chi connectivity index (χ3n) is 5.26. The van der Waals surface area contributed by atoms with Gasteiger partial charge in [0, 0.05) is 26.2 Å². The summed E-state index contributed by atoms with van der Waals surface area (Å²) in [6.07, 6.45) is -3.32. The van der Waals surface area contributed by atoms with Gasteiger partial charge in [-0.2, -0.15) is 18.3 Å². The SMILES string of the molecule is Cn1nc(C(F)(F)F)cc1C(=O)N1CCC2(CC1)OCc1ccccc12. The topological polar surface area (TPSA) is 47.4 Å². The highest BCUT2D eigenvalue weighted by atomic mass is 19.4. The van der Waals surface area contributed by atoms with Crippen LogP contribution < -0.4 is 0 Å². The van der Waals surface area contributed by atoms with Crippen LogP contribution in [-0.4, -0.2) is 33.7 Å². The van der Waals surface area contributed by atoms with E-state index in [1.54, 1.807) is 4.90 Å². The molecule has 3 heterocycles. The molecule has 0 bridgehead atoms. The van der Waals surface area contributed by atoms with Crippen molar-refractivity contribution in [3.63, 3.8) is 0 Å². The zero-order valence-electron chi connectivity index (χ0n) is 14.2. The molecule has 1 fully saturated rings. The number of hydrogen-bond donors (Lipinski definition) is 0. The second-order valence-corrected chi connectivity index (χ2v) is 6.77. The fourth-order valence-corrected chi connectivity index (χ4v) is 3.84. The Kier molecular flexibility index (Phi) is 3.83. The van der Waals surface area contributed by atoms with Crippen molar-refractivity contribution in [2.24, 2.45) is 7.05 Å². The van der Waals surface area contributed by atoms with E-state index in [1.165, 1.54) is 7.05 Å². The summed E-state index contributed by atoms with van der Waals surface area (Å²) in [5, 5.41) is 3.42. The fourth-order valence-electron chi connectivity index (χ4n) is 3.84. The Hall–Kier alpha value is -2.35. The molecular formula is C18H18F3N3O2. The molecule has 26 heavy (non-hydrogen) atoms. The van der Waals surface area contributed by atoms with E-state index in [4.69, 9.17) is 4.74 Å². The minimum absolute atomic E-state index is 0.0546. The third-order valence-corrected chi connectivity index (χ3v) is 5.26. The summed E-state index contributed by atoms with van der Waals surface area (Å²) in [5.41, 5.74) is 0.823. The van der Waals surface area contributed by atoms with Gasteiger partial charge in [-0.3, -0.25) is 9.48 Å². The van der Waals surface area contributed by atoms with Crippen molar-refractivity contribution in [2.45, 2.75) is 31.2 Å². The predicted molar refractivity (Wildman–Crippen MR) is 86.3 cm³/mol. The predicted octanol–water partition coefficient (Wildman–Crippen LogP) is 3.10. The van der Waals surface area contributed by atoms with Crippen LogP contribution >= 0.6 is 0 Å². The van der Waals surface area contributed by atoms with Gasteiger partial charge in [-0.1, -0.05) is 24.3 Å². The zero-order chi connectivity index (χ0) is 18.5. The first-order valence-electron chi connectivity index (χ1n) is 8.43. The average molecular weight is 365 g/mol. The number of nitrogens with zero attached hydrogens (tertiary/aromatic N) is 3. The molecule has 1 aromatic carbocycles. The number of hydrogen-bond acceptors (Lipinski definition) is 3. The lowest BCUT2D eigenvalue weighted by Crippen LogP contribution is -2.45. The van der Waals surface area contributed by atoms with E-state index in [-0.39, 0.29) is 5.69 Å². The molecule has 0 aliphatic carbocycles. The molecule has 8 heteroatoms. The molecule has 2 aliphatic heterocycles. The van der Waals surface area contributed by atoms with Gasteiger partial charge in [0.1, 0.15) is 5.69 Å². The maximum atomic E-state index is 12.8. The lowest BCUT2D eigenvalue weighted by Gasteiger charge is -2.39. The number of benzene rings is 1. The molecule has 0 unspecified atom stereocenters. The van der Waals surface area contributed by atoms with Crippen LogP contribution in [-0.2, 0) is 30.2 Å². The summed E-state index contributed by atoms with van der Waals surface area (Å²) >= 11 is 0. The van der Waals surface area contributed by atoms with Crippen LogP contribution in [0.25, 0.3) is 0 Å². The Morgan fingerprint density at radius 3 is 2.58 bits per heavy atom. The first kappa shape index (κ1) is 17.1. The van der Waals surface area contributed by atoms with Crippen molar-refractivity contribution in [3.8, 4) is 0 Å². The lowest BCUT2D eigenvalue weighted by molar-refractivity contribution is -0.141. The Bertz CT molecular complexity index is 852. The van der Waals surface area contributed by atoms with Gasteiger partial charge in [-0.05, 0) is 24.0 Å². The van der Waals surface area contributed by atoms with E-state index in [0.29, 0.717) is 32.5 Å². The van der Waals surface area contributed by atoms with Gasteiger partial charge in [0.05, 0.1) is 12.2 Å². The molecule has 2 aromatic rings. The molecular weight excluding hydrogens is 347 g/mol. The van der Waals surface area contributed by atoms with Gasteiger partial charge in [0.15, 0.2) is 5.69 Å². The molecule has 0 N–H and O–H groups in total. The van der Waals surface area contributed by atoms with Crippen molar-refractivity contribution in [2.75, 3.05) is 13.1 Å². The van der Waals surface area contributed by atoms with Crippen LogP contribution in [0.3, 0.4) is 0 Å². The average Bonchev–Trinajstić information content (AvgIpc) is 3.17. The Morgan fingerprint density at radius 1 is 1.23 bits per heavy atom. The second-order valence-electron chi connectivity index (χ2n) is 6.77. The van der Waals surface area contributed by atoms with E-state index in [2.05, 4.69) is 11.2 Å². The first-order valence-corrected chi connectivity index (χ1v) is 8.43. The summed E-state index contributed by atoms with van der Waals surface area (Å²) in [5.74, 6) is -0.434. The molecule has 1 saturated heterocycles. The molecule has 4 rings (SSSR count). The minimum Gasteiger partial charge on any atom is -0.365 e. The summed E-state index contributed by atoms with van der Waals surface area (Å²) in [4.78, 5) is 14.2. The molecule has 0 atom stereocenters. The van der Waals surface area contributed by atoms with Crippen LogP contribution in [0.1, 0.15) is 40.2 Å². The van der Waals surface area contributed by atoms with E-state index in [9.17, 15) is 18.0 Å². The standard InChI is InChI=1S/C18H18F3N3O2/c1-23-14(10-15(22-23)18(19,20)21)16(25)24-8-6-17(7-9-24)13-5-3-2-4-12(13)11-26-17/h2-5,10H,6-9,11H2,1H3. The molecule has 0 radical (unpaired) electrons. The largest absolute Gasteiger partial charge is 0.435 e. The maximum Gasteiger partial charge on any atom is 0.435 e. The van der Waals surface area contributed by atoms with Gasteiger partial charge in [-0.15, -0.1) is 0 Å². The van der Waals surface area contributed by atoms with Gasteiger partial charge in [0.25, 0.3) is 5.91 Å². The number of carbonyl (C=O) groups excluding carboxylic acids is 1. The highest BCUT2D eigenvalue weighted by molar-refractivity contribution is 5.92. The number of aromatic nitrogens is 2. The van der Waals surface area contributed by atoms with E-state index >= 15 is 0 Å². The second kappa shape index (κ2) is 5.84. The molecule has 2 aliphatic rings.